The van der Waals surface area contributed by atoms with E-state index in [2.05, 4.69) is 15.9 Å². The minimum Gasteiger partial charge on any atom is -0.289 e. The molecule has 0 amide bonds. The lowest BCUT2D eigenvalue weighted by molar-refractivity contribution is 0.0996. The van der Waals surface area contributed by atoms with Crippen molar-refractivity contribution < 1.29 is 9.18 Å². The van der Waals surface area contributed by atoms with Gasteiger partial charge in [0, 0.05) is 5.56 Å². The van der Waals surface area contributed by atoms with Gasteiger partial charge in [-0.15, -0.1) is 0 Å². The minimum absolute atomic E-state index is 0.0192. The summed E-state index contributed by atoms with van der Waals surface area (Å²) in [6.45, 7) is 0. The van der Waals surface area contributed by atoms with Gasteiger partial charge in [0.15, 0.2) is 0 Å². The van der Waals surface area contributed by atoms with Crippen LogP contribution in [0.15, 0.2) is 22.7 Å². The van der Waals surface area contributed by atoms with Crippen LogP contribution in [-0.4, -0.2) is 9.58 Å². The molecule has 76 valence electrons. The van der Waals surface area contributed by atoms with E-state index in [4.69, 9.17) is 34.8 Å². The van der Waals surface area contributed by atoms with Gasteiger partial charge in [0.05, 0.1) is 4.47 Å². The van der Waals surface area contributed by atoms with Crippen LogP contribution in [0.3, 0.4) is 0 Å². The van der Waals surface area contributed by atoms with E-state index in [1.807, 2.05) is 0 Å². The molecule has 0 fully saturated rings. The maximum absolute atomic E-state index is 13.0. The molecule has 14 heavy (non-hydrogen) atoms. The lowest BCUT2D eigenvalue weighted by atomic mass is 10.1. The second-order valence-corrected chi connectivity index (χ2v) is 5.59. The topological polar surface area (TPSA) is 17.1 Å². The van der Waals surface area contributed by atoms with Gasteiger partial charge in [-0.1, -0.05) is 34.8 Å². The van der Waals surface area contributed by atoms with Gasteiger partial charge in [0.25, 0.3) is 3.79 Å². The number of alkyl halides is 3. The van der Waals surface area contributed by atoms with Crippen molar-refractivity contribution in [3.05, 3.63) is 34.1 Å². The minimum atomic E-state index is -2.06. The van der Waals surface area contributed by atoms with Crippen LogP contribution in [0.25, 0.3) is 0 Å². The van der Waals surface area contributed by atoms with Gasteiger partial charge in [-0.05, 0) is 34.1 Å². The first-order chi connectivity index (χ1) is 6.32. The molecule has 1 nitrogen and oxygen atoms in total. The zero-order valence-corrected chi connectivity index (χ0v) is 10.4. The van der Waals surface area contributed by atoms with Gasteiger partial charge in [-0.2, -0.15) is 0 Å². The number of halogens is 5. The van der Waals surface area contributed by atoms with E-state index < -0.39 is 15.4 Å². The van der Waals surface area contributed by atoms with Crippen LogP contribution in [0, 0.1) is 5.82 Å². The number of carbonyl (C=O) groups is 1. The van der Waals surface area contributed by atoms with Crippen molar-refractivity contribution in [2.24, 2.45) is 0 Å². The van der Waals surface area contributed by atoms with Gasteiger partial charge in [-0.3, -0.25) is 4.79 Å². The Morgan fingerprint density at radius 3 is 2.36 bits per heavy atom. The van der Waals surface area contributed by atoms with Crippen LogP contribution in [-0.2, 0) is 0 Å². The van der Waals surface area contributed by atoms with Gasteiger partial charge in [0.2, 0.25) is 5.78 Å². The van der Waals surface area contributed by atoms with Crippen molar-refractivity contribution in [3.8, 4) is 0 Å². The lowest BCUT2D eigenvalue weighted by Gasteiger charge is -2.09. The molecular weight excluding hydrogens is 317 g/mol. The van der Waals surface area contributed by atoms with E-state index in [1.54, 1.807) is 0 Å². The van der Waals surface area contributed by atoms with E-state index in [1.165, 1.54) is 12.1 Å². The normalized spacial score (nSPS) is 11.5. The van der Waals surface area contributed by atoms with Crippen molar-refractivity contribution in [1.29, 1.82) is 0 Å². The van der Waals surface area contributed by atoms with Crippen LogP contribution < -0.4 is 0 Å². The molecule has 0 saturated heterocycles. The molecule has 0 heterocycles. The number of hydrogen-bond donors (Lipinski definition) is 0. The first-order valence-electron chi connectivity index (χ1n) is 3.39. The monoisotopic (exact) mass is 318 g/mol. The molecule has 0 atom stereocenters. The van der Waals surface area contributed by atoms with Crippen molar-refractivity contribution in [1.82, 2.24) is 0 Å². The summed E-state index contributed by atoms with van der Waals surface area (Å²) >= 11 is 19.0. The smallest absolute Gasteiger partial charge is 0.253 e. The highest BCUT2D eigenvalue weighted by Gasteiger charge is 2.31. The first kappa shape index (κ1) is 12.2. The molecule has 1 aromatic carbocycles. The molecule has 0 aromatic heterocycles. The average Bonchev–Trinajstić information content (AvgIpc) is 2.07. The summed E-state index contributed by atoms with van der Waals surface area (Å²) in [6.07, 6.45) is 0. The Morgan fingerprint density at radius 1 is 1.36 bits per heavy atom. The quantitative estimate of drug-likeness (QED) is 0.561. The highest BCUT2D eigenvalue weighted by atomic mass is 79.9. The molecule has 0 aliphatic rings. The Kier molecular flexibility index (Phi) is 3.81. The average molecular weight is 320 g/mol. The van der Waals surface area contributed by atoms with E-state index in [9.17, 15) is 9.18 Å². The molecule has 1 rings (SSSR count). The largest absolute Gasteiger partial charge is 0.289 e. The standard InChI is InChI=1S/C8H3BrCl3FO/c9-5-2-1-4(3-6(5)13)7(14)8(10,11)12/h1-3H. The maximum atomic E-state index is 13.0. The van der Waals surface area contributed by atoms with Crippen molar-refractivity contribution in [2.45, 2.75) is 3.79 Å². The highest BCUT2D eigenvalue weighted by Crippen LogP contribution is 2.31. The third kappa shape index (κ3) is 2.83. The Balaban J connectivity index is 3.10. The molecule has 0 spiro atoms. The predicted octanol–water partition coefficient (Wildman–Crippen LogP) is 4.14. The van der Waals surface area contributed by atoms with Gasteiger partial charge in [-0.25, -0.2) is 4.39 Å². The molecule has 0 unspecified atom stereocenters. The fourth-order valence-corrected chi connectivity index (χ4v) is 1.37. The van der Waals surface area contributed by atoms with Crippen LogP contribution in [0.4, 0.5) is 4.39 Å². The summed E-state index contributed by atoms with van der Waals surface area (Å²) in [5, 5.41) is 0. The number of Topliss-reactive ketones (excluding diaryl/α,β-unsaturated/α-hetero) is 1. The Labute approximate surface area is 103 Å². The molecule has 0 aliphatic heterocycles. The Morgan fingerprint density at radius 2 is 1.93 bits per heavy atom. The molecular formula is C8H3BrCl3FO. The van der Waals surface area contributed by atoms with Gasteiger partial charge < -0.3 is 0 Å². The molecule has 0 bridgehead atoms. The Hall–Kier alpha value is 0.170. The number of carbonyl (C=O) groups excluding carboxylic acids is 1. The molecule has 1 aromatic rings. The number of rotatable bonds is 1. The molecule has 0 aliphatic carbocycles. The summed E-state index contributed by atoms with van der Waals surface area (Å²) in [7, 11) is 0. The SMILES string of the molecule is O=C(c1ccc(Br)c(F)c1)C(Cl)(Cl)Cl. The Bertz CT molecular complexity index is 375. The summed E-state index contributed by atoms with van der Waals surface area (Å²) in [4.78, 5) is 11.4. The van der Waals surface area contributed by atoms with Crippen LogP contribution in [0.5, 0.6) is 0 Å². The molecule has 0 radical (unpaired) electrons. The second kappa shape index (κ2) is 4.35. The van der Waals surface area contributed by atoms with Gasteiger partial charge in [0.1, 0.15) is 5.82 Å². The number of hydrogen-bond acceptors (Lipinski definition) is 1. The zero-order chi connectivity index (χ0) is 10.9. The van der Waals surface area contributed by atoms with Crippen molar-refractivity contribution >= 4 is 56.5 Å². The van der Waals surface area contributed by atoms with Gasteiger partial charge >= 0.3 is 0 Å². The van der Waals surface area contributed by atoms with E-state index in [0.29, 0.717) is 0 Å². The number of ketones is 1. The lowest BCUT2D eigenvalue weighted by Crippen LogP contribution is -2.18. The van der Waals surface area contributed by atoms with Crippen molar-refractivity contribution in [3.63, 3.8) is 0 Å². The zero-order valence-electron chi connectivity index (χ0n) is 6.53. The summed E-state index contributed by atoms with van der Waals surface area (Å²) < 4.78 is 11.2. The van der Waals surface area contributed by atoms with E-state index in [0.717, 1.165) is 6.07 Å². The first-order valence-corrected chi connectivity index (χ1v) is 5.31. The fourth-order valence-electron chi connectivity index (χ4n) is 0.801. The van der Waals surface area contributed by atoms with Crippen LogP contribution >= 0.6 is 50.7 Å². The summed E-state index contributed by atoms with van der Waals surface area (Å²) in [6, 6.07) is 3.75. The van der Waals surface area contributed by atoms with Crippen LogP contribution in [0.2, 0.25) is 0 Å². The fraction of sp³-hybridized carbons (Fsp3) is 0.125. The third-order valence-corrected chi connectivity index (χ3v) is 2.60. The predicted molar refractivity (Wildman–Crippen MR) is 58.7 cm³/mol. The van der Waals surface area contributed by atoms with E-state index in [-0.39, 0.29) is 10.0 Å². The summed E-state index contributed by atoms with van der Waals surface area (Å²) in [5.74, 6) is -1.33. The maximum Gasteiger partial charge on any atom is 0.253 e. The number of benzene rings is 1. The molecule has 6 heteroatoms. The third-order valence-electron chi connectivity index (χ3n) is 1.44. The van der Waals surface area contributed by atoms with Crippen molar-refractivity contribution in [2.75, 3.05) is 0 Å². The van der Waals surface area contributed by atoms with Crippen LogP contribution in [0.1, 0.15) is 10.4 Å². The summed E-state index contributed by atoms with van der Waals surface area (Å²) in [5.41, 5.74) is 0.0192. The second-order valence-electron chi connectivity index (χ2n) is 2.46. The molecule has 0 saturated carbocycles. The van der Waals surface area contributed by atoms with E-state index >= 15 is 0 Å². The highest BCUT2D eigenvalue weighted by molar-refractivity contribution is 9.10. The molecule has 0 N–H and O–H groups in total.